The lowest BCUT2D eigenvalue weighted by Crippen LogP contribution is -2.42. The summed E-state index contributed by atoms with van der Waals surface area (Å²) in [6, 6.07) is 15.4. The van der Waals surface area contributed by atoms with Crippen LogP contribution in [0.25, 0.3) is 6.08 Å². The summed E-state index contributed by atoms with van der Waals surface area (Å²) in [4.78, 5) is 41.0. The fourth-order valence-corrected chi connectivity index (χ4v) is 4.53. The van der Waals surface area contributed by atoms with Crippen LogP contribution in [-0.4, -0.2) is 60.4 Å². The number of nitro groups is 1. The van der Waals surface area contributed by atoms with E-state index in [9.17, 15) is 19.7 Å². The molecule has 0 N–H and O–H groups in total. The molecule has 0 radical (unpaired) electrons. The first-order valence-electron chi connectivity index (χ1n) is 12.2. The van der Waals surface area contributed by atoms with Crippen molar-refractivity contribution in [2.75, 3.05) is 33.9 Å². The molecule has 0 spiro atoms. The molecule has 0 fully saturated rings. The zero-order valence-corrected chi connectivity index (χ0v) is 22.8. The Kier molecular flexibility index (Phi) is 10.8. The number of nitro benzene ring substituents is 1. The molecule has 2 aromatic carbocycles. The van der Waals surface area contributed by atoms with Gasteiger partial charge >= 0.3 is 0 Å². The Morgan fingerprint density at radius 1 is 1.05 bits per heavy atom. The van der Waals surface area contributed by atoms with Crippen molar-refractivity contribution < 1.29 is 24.0 Å². The van der Waals surface area contributed by atoms with E-state index in [0.717, 1.165) is 10.4 Å². The molecule has 2 amide bonds. The standard InChI is InChI=1S/C29H31N3O6S/c1-4-16-30(28(33)14-10-22-7-11-24(12-8-22)32(35)36)21-29(34)31(20-25-6-5-18-39-25)17-15-23-9-13-26(37-2)27(19-23)38-3/h4-14,18-19H,1,15-17,20-21H2,2-3H3. The molecule has 0 saturated heterocycles. The molecule has 204 valence electrons. The molecule has 3 rings (SSSR count). The lowest BCUT2D eigenvalue weighted by molar-refractivity contribution is -0.384. The minimum Gasteiger partial charge on any atom is -0.493 e. The number of nitrogens with zero attached hydrogens (tertiary/aromatic N) is 3. The highest BCUT2D eigenvalue weighted by atomic mass is 32.1. The summed E-state index contributed by atoms with van der Waals surface area (Å²) in [5.41, 5.74) is 1.59. The topological polar surface area (TPSA) is 102 Å². The summed E-state index contributed by atoms with van der Waals surface area (Å²) >= 11 is 1.56. The molecule has 0 aliphatic rings. The zero-order valence-electron chi connectivity index (χ0n) is 21.9. The Morgan fingerprint density at radius 3 is 2.41 bits per heavy atom. The maximum atomic E-state index is 13.4. The first-order chi connectivity index (χ1) is 18.8. The Labute approximate surface area is 231 Å². The van der Waals surface area contributed by atoms with E-state index in [0.29, 0.717) is 36.6 Å². The molecular formula is C29H31N3O6S. The number of benzene rings is 2. The predicted octanol–water partition coefficient (Wildman–Crippen LogP) is 4.97. The number of hydrogen-bond donors (Lipinski definition) is 0. The van der Waals surface area contributed by atoms with E-state index in [1.807, 2.05) is 35.7 Å². The maximum absolute atomic E-state index is 13.4. The monoisotopic (exact) mass is 549 g/mol. The van der Waals surface area contributed by atoms with Crippen molar-refractivity contribution in [1.29, 1.82) is 0 Å². The van der Waals surface area contributed by atoms with Gasteiger partial charge in [-0.3, -0.25) is 19.7 Å². The molecule has 0 bridgehead atoms. The molecule has 0 aliphatic heterocycles. The number of carbonyl (C=O) groups excluding carboxylic acids is 2. The second-order valence-corrected chi connectivity index (χ2v) is 9.56. The van der Waals surface area contributed by atoms with Gasteiger partial charge in [0.2, 0.25) is 11.8 Å². The molecule has 0 unspecified atom stereocenters. The Balaban J connectivity index is 1.71. The van der Waals surface area contributed by atoms with Gasteiger partial charge in [-0.05, 0) is 59.3 Å². The number of thiophene rings is 1. The van der Waals surface area contributed by atoms with E-state index in [-0.39, 0.29) is 30.6 Å². The summed E-state index contributed by atoms with van der Waals surface area (Å²) in [7, 11) is 3.16. The van der Waals surface area contributed by atoms with Gasteiger partial charge in [-0.25, -0.2) is 0 Å². The summed E-state index contributed by atoms with van der Waals surface area (Å²) < 4.78 is 10.7. The van der Waals surface area contributed by atoms with Gasteiger partial charge in [-0.1, -0.05) is 18.2 Å². The summed E-state index contributed by atoms with van der Waals surface area (Å²) in [6.07, 6.45) is 5.07. The summed E-state index contributed by atoms with van der Waals surface area (Å²) in [5, 5.41) is 12.8. The third-order valence-electron chi connectivity index (χ3n) is 5.91. The lowest BCUT2D eigenvalue weighted by atomic mass is 10.1. The van der Waals surface area contributed by atoms with Crippen molar-refractivity contribution in [2.45, 2.75) is 13.0 Å². The molecule has 10 heteroatoms. The van der Waals surface area contributed by atoms with Gasteiger partial charge in [0.15, 0.2) is 11.5 Å². The Morgan fingerprint density at radius 2 is 1.79 bits per heavy atom. The van der Waals surface area contributed by atoms with Gasteiger partial charge in [-0.15, -0.1) is 17.9 Å². The predicted molar refractivity (Wildman–Crippen MR) is 152 cm³/mol. The minimum atomic E-state index is -0.483. The van der Waals surface area contributed by atoms with Crippen molar-refractivity contribution in [1.82, 2.24) is 9.80 Å². The van der Waals surface area contributed by atoms with Crippen LogP contribution in [0.4, 0.5) is 5.69 Å². The van der Waals surface area contributed by atoms with Crippen LogP contribution < -0.4 is 9.47 Å². The van der Waals surface area contributed by atoms with Gasteiger partial charge in [0, 0.05) is 36.2 Å². The summed E-state index contributed by atoms with van der Waals surface area (Å²) in [6.45, 7) is 4.67. The molecule has 39 heavy (non-hydrogen) atoms. The highest BCUT2D eigenvalue weighted by molar-refractivity contribution is 7.09. The van der Waals surface area contributed by atoms with Crippen molar-refractivity contribution in [3.8, 4) is 11.5 Å². The zero-order chi connectivity index (χ0) is 28.2. The molecule has 0 atom stereocenters. The van der Waals surface area contributed by atoms with E-state index >= 15 is 0 Å². The SMILES string of the molecule is C=CCN(CC(=O)N(CCc1ccc(OC)c(OC)c1)Cc1cccs1)C(=O)C=Cc1ccc([N+](=O)[O-])cc1. The van der Waals surface area contributed by atoms with E-state index in [2.05, 4.69) is 6.58 Å². The van der Waals surface area contributed by atoms with Crippen LogP contribution in [0.15, 0.2) is 78.7 Å². The second kappa shape index (κ2) is 14.5. The first-order valence-corrected chi connectivity index (χ1v) is 13.1. The number of hydrogen-bond acceptors (Lipinski definition) is 7. The van der Waals surface area contributed by atoms with Crippen molar-refractivity contribution in [3.05, 3.63) is 105 Å². The maximum Gasteiger partial charge on any atom is 0.269 e. The van der Waals surface area contributed by atoms with Crippen molar-refractivity contribution in [2.24, 2.45) is 0 Å². The van der Waals surface area contributed by atoms with Crippen LogP contribution in [0.5, 0.6) is 11.5 Å². The first kappa shape index (κ1) is 29.1. The average Bonchev–Trinajstić information content (AvgIpc) is 3.46. The highest BCUT2D eigenvalue weighted by Gasteiger charge is 2.20. The average molecular weight is 550 g/mol. The lowest BCUT2D eigenvalue weighted by Gasteiger charge is -2.26. The van der Waals surface area contributed by atoms with Crippen LogP contribution in [0, 0.1) is 10.1 Å². The quantitative estimate of drug-likeness (QED) is 0.122. The third-order valence-corrected chi connectivity index (χ3v) is 6.77. The number of amides is 2. The fraction of sp³-hybridized carbons (Fsp3) is 0.241. The van der Waals surface area contributed by atoms with E-state index in [1.165, 1.54) is 23.1 Å². The van der Waals surface area contributed by atoms with Gasteiger partial charge in [0.05, 0.1) is 25.7 Å². The minimum absolute atomic E-state index is 0.0312. The van der Waals surface area contributed by atoms with Crippen LogP contribution >= 0.6 is 11.3 Å². The molecule has 0 aliphatic carbocycles. The van der Waals surface area contributed by atoms with E-state index in [4.69, 9.17) is 9.47 Å². The van der Waals surface area contributed by atoms with Crippen molar-refractivity contribution in [3.63, 3.8) is 0 Å². The highest BCUT2D eigenvalue weighted by Crippen LogP contribution is 2.28. The number of methoxy groups -OCH3 is 2. The largest absolute Gasteiger partial charge is 0.493 e. The Bertz CT molecular complexity index is 1310. The summed E-state index contributed by atoms with van der Waals surface area (Å²) in [5.74, 6) is 0.696. The van der Waals surface area contributed by atoms with Gasteiger partial charge in [0.1, 0.15) is 6.54 Å². The van der Waals surface area contributed by atoms with Gasteiger partial charge < -0.3 is 19.3 Å². The third kappa shape index (κ3) is 8.54. The van der Waals surface area contributed by atoms with Crippen LogP contribution in [0.1, 0.15) is 16.0 Å². The molecular weight excluding hydrogens is 518 g/mol. The number of rotatable bonds is 14. The van der Waals surface area contributed by atoms with Crippen LogP contribution in [0.2, 0.25) is 0 Å². The van der Waals surface area contributed by atoms with Crippen LogP contribution in [-0.2, 0) is 22.6 Å². The van der Waals surface area contributed by atoms with Crippen molar-refractivity contribution >= 4 is 34.9 Å². The number of carbonyl (C=O) groups is 2. The fourth-order valence-electron chi connectivity index (χ4n) is 3.81. The Hall–Kier alpha value is -4.44. The van der Waals surface area contributed by atoms with Crippen LogP contribution in [0.3, 0.4) is 0 Å². The smallest absolute Gasteiger partial charge is 0.269 e. The number of ether oxygens (including phenoxy) is 2. The number of non-ortho nitro benzene ring substituents is 1. The van der Waals surface area contributed by atoms with E-state index in [1.54, 1.807) is 54.7 Å². The van der Waals surface area contributed by atoms with Gasteiger partial charge in [0.25, 0.3) is 5.69 Å². The second-order valence-electron chi connectivity index (χ2n) is 8.52. The van der Waals surface area contributed by atoms with E-state index < -0.39 is 4.92 Å². The molecule has 3 aromatic rings. The molecule has 1 heterocycles. The molecule has 1 aromatic heterocycles. The van der Waals surface area contributed by atoms with Gasteiger partial charge in [-0.2, -0.15) is 0 Å². The normalized spacial score (nSPS) is 10.7. The molecule has 0 saturated carbocycles. The molecule has 9 nitrogen and oxygen atoms in total.